The van der Waals surface area contributed by atoms with Crippen LogP contribution in [0.3, 0.4) is 0 Å². The van der Waals surface area contributed by atoms with Gasteiger partial charge in [0.25, 0.3) is 5.91 Å². The Balaban J connectivity index is 1.59. The van der Waals surface area contributed by atoms with E-state index in [0.717, 1.165) is 0 Å². The van der Waals surface area contributed by atoms with E-state index in [9.17, 15) is 24.6 Å². The number of rotatable bonds is 8. The summed E-state index contributed by atoms with van der Waals surface area (Å²) in [6.45, 7) is 0.160. The molecule has 3 rings (SSSR count). The molecule has 0 saturated carbocycles. The Bertz CT molecular complexity index is 1040. The summed E-state index contributed by atoms with van der Waals surface area (Å²) < 4.78 is 0. The van der Waals surface area contributed by atoms with E-state index >= 15 is 0 Å². The number of benzene rings is 2. The Morgan fingerprint density at radius 2 is 1.91 bits per heavy atom. The molecule has 0 fully saturated rings. The second-order valence-electron chi connectivity index (χ2n) is 7.43. The van der Waals surface area contributed by atoms with E-state index in [4.69, 9.17) is 5.11 Å². The molecule has 33 heavy (non-hydrogen) atoms. The van der Waals surface area contributed by atoms with Gasteiger partial charge in [-0.25, -0.2) is 0 Å². The molecule has 0 radical (unpaired) electrons. The highest BCUT2D eigenvalue weighted by Crippen LogP contribution is 2.20. The first-order valence-electron chi connectivity index (χ1n) is 10.2. The Kier molecular flexibility index (Phi) is 7.82. The van der Waals surface area contributed by atoms with Crippen LogP contribution in [-0.2, 0) is 9.59 Å². The number of aliphatic hydroxyl groups is 1. The normalized spacial score (nSPS) is 16.0. The van der Waals surface area contributed by atoms with Crippen LogP contribution in [0.15, 0.2) is 53.5 Å². The number of hydrogen-bond donors (Lipinski definition) is 7. The minimum absolute atomic E-state index is 0.104. The van der Waals surface area contributed by atoms with Crippen LogP contribution in [0.25, 0.3) is 0 Å². The van der Waals surface area contributed by atoms with Crippen molar-refractivity contribution >= 4 is 29.4 Å². The first-order chi connectivity index (χ1) is 15.8. The fraction of sp³-hybridized carbons (Fsp3) is 0.273. The summed E-state index contributed by atoms with van der Waals surface area (Å²) in [7, 11) is 0. The molecule has 0 saturated heterocycles. The first-order valence-corrected chi connectivity index (χ1v) is 10.2. The molecule has 0 bridgehead atoms. The number of aliphatic imine (C=N–C) groups is 1. The number of carbonyl (C=O) groups is 3. The molecule has 2 amide bonds. The van der Waals surface area contributed by atoms with E-state index in [2.05, 4.69) is 26.3 Å². The number of aromatic hydroxyl groups is 1. The molecule has 11 heteroatoms. The number of guanidine groups is 1. The van der Waals surface area contributed by atoms with Crippen molar-refractivity contribution in [2.75, 3.05) is 25.0 Å². The lowest BCUT2D eigenvalue weighted by Crippen LogP contribution is -2.42. The van der Waals surface area contributed by atoms with Crippen molar-refractivity contribution in [1.82, 2.24) is 16.0 Å². The number of amides is 2. The SMILES string of the molecule is O=C(O)C[C@H](NC(=O)CNC(=O)c1cc(O)cc(NC2=NCC(O)CN2)c1)c1ccccc1. The number of nitrogens with one attached hydrogen (secondary N) is 4. The van der Waals surface area contributed by atoms with E-state index in [-0.39, 0.29) is 30.8 Å². The van der Waals surface area contributed by atoms with Crippen molar-refractivity contribution in [2.24, 2.45) is 4.99 Å². The van der Waals surface area contributed by atoms with Crippen LogP contribution in [0.4, 0.5) is 5.69 Å². The topological polar surface area (TPSA) is 172 Å². The van der Waals surface area contributed by atoms with Crippen LogP contribution >= 0.6 is 0 Å². The van der Waals surface area contributed by atoms with Crippen molar-refractivity contribution in [1.29, 1.82) is 0 Å². The molecule has 174 valence electrons. The first kappa shape index (κ1) is 23.5. The zero-order valence-electron chi connectivity index (χ0n) is 17.6. The largest absolute Gasteiger partial charge is 0.508 e. The summed E-state index contributed by atoms with van der Waals surface area (Å²) in [6.07, 6.45) is -0.885. The van der Waals surface area contributed by atoms with Crippen LogP contribution in [0.5, 0.6) is 5.75 Å². The van der Waals surface area contributed by atoms with Crippen molar-refractivity contribution in [3.8, 4) is 5.75 Å². The maximum atomic E-state index is 12.5. The fourth-order valence-corrected chi connectivity index (χ4v) is 3.19. The minimum atomic E-state index is -1.07. The summed E-state index contributed by atoms with van der Waals surface area (Å²) in [5.74, 6) is -2.01. The third-order valence-corrected chi connectivity index (χ3v) is 4.73. The number of carboxylic acids is 1. The van der Waals surface area contributed by atoms with Gasteiger partial charge < -0.3 is 36.6 Å². The average molecular weight is 455 g/mol. The standard InChI is InChI=1S/C22H25N5O6/c28-16-7-14(6-15(8-16)26-22-24-10-17(29)11-25-22)21(33)23-12-19(30)27-18(9-20(31)32)13-4-2-1-3-5-13/h1-8,17-18,28-29H,9-12H2,(H,23,33)(H,27,30)(H,31,32)(H2,24,25,26)/t18-/m0/s1. The van der Waals surface area contributed by atoms with E-state index in [0.29, 0.717) is 23.8 Å². The molecule has 2 aromatic rings. The molecule has 1 heterocycles. The molecule has 2 atom stereocenters. The molecular formula is C22H25N5O6. The van der Waals surface area contributed by atoms with Gasteiger partial charge in [-0.05, 0) is 17.7 Å². The van der Waals surface area contributed by atoms with Crippen molar-refractivity contribution in [2.45, 2.75) is 18.6 Å². The summed E-state index contributed by atoms with van der Waals surface area (Å²) >= 11 is 0. The number of aliphatic carboxylic acids is 1. The number of phenolic OH excluding ortho intramolecular Hbond substituents is 1. The van der Waals surface area contributed by atoms with Gasteiger partial charge in [0.2, 0.25) is 5.91 Å². The fourth-order valence-electron chi connectivity index (χ4n) is 3.19. The molecule has 0 aromatic heterocycles. The molecule has 0 spiro atoms. The highest BCUT2D eigenvalue weighted by Gasteiger charge is 2.19. The van der Waals surface area contributed by atoms with Gasteiger partial charge in [0.05, 0.1) is 31.7 Å². The van der Waals surface area contributed by atoms with Gasteiger partial charge in [0.1, 0.15) is 5.75 Å². The highest BCUT2D eigenvalue weighted by molar-refractivity contribution is 6.00. The van der Waals surface area contributed by atoms with Gasteiger partial charge in [-0.1, -0.05) is 30.3 Å². The third kappa shape index (κ3) is 7.21. The molecule has 11 nitrogen and oxygen atoms in total. The predicted molar refractivity (Wildman–Crippen MR) is 120 cm³/mol. The van der Waals surface area contributed by atoms with Crippen molar-refractivity contribution in [3.63, 3.8) is 0 Å². The highest BCUT2D eigenvalue weighted by atomic mass is 16.4. The van der Waals surface area contributed by atoms with Gasteiger partial charge in [0, 0.05) is 23.9 Å². The van der Waals surface area contributed by atoms with E-state index in [1.165, 1.54) is 18.2 Å². The smallest absolute Gasteiger partial charge is 0.305 e. The summed E-state index contributed by atoms with van der Waals surface area (Å²) in [5, 5.41) is 39.4. The summed E-state index contributed by atoms with van der Waals surface area (Å²) in [4.78, 5) is 40.1. The number of phenols is 1. The molecule has 1 aliphatic heterocycles. The molecular weight excluding hydrogens is 430 g/mol. The molecule has 1 unspecified atom stereocenters. The number of carboxylic acid groups (broad SMARTS) is 1. The monoisotopic (exact) mass is 455 g/mol. The van der Waals surface area contributed by atoms with Crippen LogP contribution < -0.4 is 21.3 Å². The van der Waals surface area contributed by atoms with E-state index in [1.807, 2.05) is 0 Å². The molecule has 2 aromatic carbocycles. The minimum Gasteiger partial charge on any atom is -0.508 e. The Labute approximate surface area is 189 Å². The van der Waals surface area contributed by atoms with Gasteiger partial charge >= 0.3 is 5.97 Å². The van der Waals surface area contributed by atoms with Crippen LogP contribution in [0.1, 0.15) is 28.4 Å². The van der Waals surface area contributed by atoms with Crippen LogP contribution in [-0.4, -0.2) is 64.8 Å². The number of β-amino-alcohol motifs (C(OH)–C–C–N with tert-alkyl or cyclic N) is 1. The Hall–Kier alpha value is -4.12. The van der Waals surface area contributed by atoms with Gasteiger partial charge in [-0.2, -0.15) is 0 Å². The van der Waals surface area contributed by atoms with E-state index in [1.54, 1.807) is 30.3 Å². The van der Waals surface area contributed by atoms with Crippen molar-refractivity contribution in [3.05, 3.63) is 59.7 Å². The number of nitrogens with zero attached hydrogens (tertiary/aromatic N) is 1. The quantitative estimate of drug-likeness (QED) is 0.295. The number of aliphatic hydroxyl groups excluding tert-OH is 1. The third-order valence-electron chi connectivity index (χ3n) is 4.73. The van der Waals surface area contributed by atoms with Crippen molar-refractivity contribution < 1.29 is 29.7 Å². The van der Waals surface area contributed by atoms with Gasteiger partial charge in [-0.3, -0.25) is 19.4 Å². The molecule has 1 aliphatic rings. The number of anilines is 1. The zero-order chi connectivity index (χ0) is 23.8. The summed E-state index contributed by atoms with van der Waals surface area (Å²) in [6, 6.07) is 12.0. The maximum absolute atomic E-state index is 12.5. The second-order valence-corrected chi connectivity index (χ2v) is 7.43. The maximum Gasteiger partial charge on any atom is 0.305 e. The molecule has 7 N–H and O–H groups in total. The van der Waals surface area contributed by atoms with Gasteiger partial charge in [-0.15, -0.1) is 0 Å². The molecule has 0 aliphatic carbocycles. The zero-order valence-corrected chi connectivity index (χ0v) is 17.6. The summed E-state index contributed by atoms with van der Waals surface area (Å²) in [5.41, 5.74) is 1.12. The Morgan fingerprint density at radius 1 is 1.15 bits per heavy atom. The second kappa shape index (κ2) is 11.0. The lowest BCUT2D eigenvalue weighted by atomic mass is 10.0. The lowest BCUT2D eigenvalue weighted by Gasteiger charge is -2.20. The average Bonchev–Trinajstić information content (AvgIpc) is 2.78. The van der Waals surface area contributed by atoms with E-state index < -0.39 is 29.9 Å². The van der Waals surface area contributed by atoms with Crippen LogP contribution in [0.2, 0.25) is 0 Å². The van der Waals surface area contributed by atoms with Gasteiger partial charge in [0.15, 0.2) is 5.96 Å². The number of carbonyl (C=O) groups excluding carboxylic acids is 2. The predicted octanol–water partition coefficient (Wildman–Crippen LogP) is 0.186. The van der Waals surface area contributed by atoms with Crippen LogP contribution in [0, 0.1) is 0 Å². The lowest BCUT2D eigenvalue weighted by molar-refractivity contribution is -0.137. The Morgan fingerprint density at radius 3 is 2.58 bits per heavy atom. The number of hydrogen-bond acceptors (Lipinski definition) is 8.